The summed E-state index contributed by atoms with van der Waals surface area (Å²) in [5.74, 6) is 0.538. The molecule has 3 rings (SSSR count). The molecule has 0 radical (unpaired) electrons. The fourth-order valence-corrected chi connectivity index (χ4v) is 5.12. The normalized spacial score (nSPS) is 11.4. The fourth-order valence-electron chi connectivity index (χ4n) is 2.77. The highest BCUT2D eigenvalue weighted by atomic mass is 35.5. The minimum atomic E-state index is -0.922. The van der Waals surface area contributed by atoms with Crippen molar-refractivity contribution in [2.75, 3.05) is 24.6 Å². The number of aromatic nitrogens is 3. The van der Waals surface area contributed by atoms with Crippen LogP contribution in [0.15, 0.2) is 46.4 Å². The van der Waals surface area contributed by atoms with Crippen molar-refractivity contribution in [2.45, 2.75) is 42.7 Å². The van der Waals surface area contributed by atoms with Gasteiger partial charge in [-0.05, 0) is 50.1 Å². The Balaban J connectivity index is 1.63. The van der Waals surface area contributed by atoms with Crippen LogP contribution in [0.3, 0.4) is 0 Å². The Labute approximate surface area is 207 Å². The lowest BCUT2D eigenvalue weighted by Crippen LogP contribution is -2.32. The molecule has 2 heterocycles. The topological polar surface area (TPSA) is 88.4 Å². The molecule has 176 valence electrons. The van der Waals surface area contributed by atoms with Crippen molar-refractivity contribution in [1.29, 1.82) is 0 Å². The summed E-state index contributed by atoms with van der Waals surface area (Å²) in [7, 11) is 0. The molecule has 0 aliphatic heterocycles. The van der Waals surface area contributed by atoms with Gasteiger partial charge in [-0.2, -0.15) is 0 Å². The number of anilines is 1. The van der Waals surface area contributed by atoms with Gasteiger partial charge in [-0.15, -0.1) is 11.3 Å². The van der Waals surface area contributed by atoms with E-state index in [2.05, 4.69) is 26.8 Å². The Bertz CT molecular complexity index is 1040. The van der Waals surface area contributed by atoms with E-state index in [1.807, 2.05) is 29.9 Å². The maximum absolute atomic E-state index is 11.4. The average Bonchev–Trinajstić information content (AvgIpc) is 3.24. The number of thioether (sulfide) groups is 1. The van der Waals surface area contributed by atoms with Crippen molar-refractivity contribution in [3.8, 4) is 5.75 Å². The van der Waals surface area contributed by atoms with Crippen molar-refractivity contribution in [3.05, 3.63) is 58.3 Å². The number of rotatable bonds is 12. The van der Waals surface area contributed by atoms with E-state index in [9.17, 15) is 9.90 Å². The third kappa shape index (κ3) is 7.58. The van der Waals surface area contributed by atoms with Crippen LogP contribution in [0, 0.1) is 0 Å². The summed E-state index contributed by atoms with van der Waals surface area (Å²) in [6.07, 6.45) is 5.26. The predicted molar refractivity (Wildman–Crippen MR) is 134 cm³/mol. The number of halogens is 1. The van der Waals surface area contributed by atoms with Crippen LogP contribution in [-0.2, 0) is 17.6 Å². The van der Waals surface area contributed by atoms with Crippen LogP contribution in [0.1, 0.15) is 32.0 Å². The molecule has 0 unspecified atom stereocenters. The van der Waals surface area contributed by atoms with Gasteiger partial charge in [0.2, 0.25) is 5.95 Å². The number of carboxylic acid groups (broad SMARTS) is 1. The maximum Gasteiger partial charge on any atom is 0.319 e. The van der Waals surface area contributed by atoms with Gasteiger partial charge in [0.05, 0.1) is 12.2 Å². The Morgan fingerprint density at radius 1 is 1.21 bits per heavy atom. The summed E-state index contributed by atoms with van der Waals surface area (Å²) in [6, 6.07) is 7.27. The largest absolute Gasteiger partial charge is 0.492 e. The van der Waals surface area contributed by atoms with E-state index >= 15 is 0 Å². The van der Waals surface area contributed by atoms with Crippen LogP contribution in [0.2, 0.25) is 5.02 Å². The Morgan fingerprint density at radius 3 is 2.55 bits per heavy atom. The standard InChI is InChI=1S/C23H27ClN4O3S2/c1-4-16-13-25-21(26-14-16)28(11-12-31-19-7-5-17(24)6-8-19)10-9-18-15-32-22(27-18)33-23(2,3)20(29)30/h5-8,13-15H,4,9-12H2,1-3H3,(H,29,30). The number of aliphatic carboxylic acids is 1. The molecular formula is C23H27ClN4O3S2. The number of thiazole rings is 1. The Hall–Kier alpha value is -2.36. The van der Waals surface area contributed by atoms with Gasteiger partial charge in [0.1, 0.15) is 17.1 Å². The molecule has 0 amide bonds. The van der Waals surface area contributed by atoms with E-state index in [1.54, 1.807) is 26.0 Å². The van der Waals surface area contributed by atoms with Crippen molar-refractivity contribution in [2.24, 2.45) is 0 Å². The molecule has 0 saturated heterocycles. The molecule has 0 aliphatic carbocycles. The van der Waals surface area contributed by atoms with Gasteiger partial charge < -0.3 is 14.7 Å². The molecule has 2 aromatic heterocycles. The highest BCUT2D eigenvalue weighted by molar-refractivity contribution is 8.03. The van der Waals surface area contributed by atoms with Crippen molar-refractivity contribution in [1.82, 2.24) is 15.0 Å². The van der Waals surface area contributed by atoms with Crippen LogP contribution >= 0.6 is 34.7 Å². The predicted octanol–water partition coefficient (Wildman–Crippen LogP) is 5.23. The quantitative estimate of drug-likeness (QED) is 0.334. The number of aryl methyl sites for hydroxylation is 1. The minimum Gasteiger partial charge on any atom is -0.492 e. The number of hydrogen-bond acceptors (Lipinski definition) is 8. The first-order chi connectivity index (χ1) is 15.8. The summed E-state index contributed by atoms with van der Waals surface area (Å²) < 4.78 is 5.69. The number of ether oxygens (including phenoxy) is 1. The highest BCUT2D eigenvalue weighted by Crippen LogP contribution is 2.34. The van der Waals surface area contributed by atoms with Gasteiger partial charge >= 0.3 is 5.97 Å². The first kappa shape index (κ1) is 25.3. The molecule has 1 aromatic carbocycles. The summed E-state index contributed by atoms with van der Waals surface area (Å²) in [6.45, 7) is 7.16. The van der Waals surface area contributed by atoms with Crippen LogP contribution < -0.4 is 9.64 Å². The van der Waals surface area contributed by atoms with E-state index in [0.717, 1.165) is 27.8 Å². The molecule has 0 spiro atoms. The minimum absolute atomic E-state index is 0.464. The van der Waals surface area contributed by atoms with E-state index in [0.29, 0.717) is 37.1 Å². The van der Waals surface area contributed by atoms with E-state index < -0.39 is 10.7 Å². The van der Waals surface area contributed by atoms with Crippen molar-refractivity contribution >= 4 is 46.6 Å². The lowest BCUT2D eigenvalue weighted by Gasteiger charge is -2.22. The van der Waals surface area contributed by atoms with Gasteiger partial charge in [-0.3, -0.25) is 4.79 Å². The zero-order chi connectivity index (χ0) is 23.8. The van der Waals surface area contributed by atoms with Crippen LogP contribution in [-0.4, -0.2) is 50.5 Å². The lowest BCUT2D eigenvalue weighted by molar-refractivity contribution is -0.138. The molecule has 0 fully saturated rings. The first-order valence-corrected chi connectivity index (χ1v) is 12.7. The number of benzene rings is 1. The van der Waals surface area contributed by atoms with Crippen molar-refractivity contribution in [3.63, 3.8) is 0 Å². The summed E-state index contributed by atoms with van der Waals surface area (Å²) in [4.78, 5) is 27.1. The summed E-state index contributed by atoms with van der Waals surface area (Å²) in [5, 5.41) is 12.0. The summed E-state index contributed by atoms with van der Waals surface area (Å²) in [5.41, 5.74) is 2.00. The number of carbonyl (C=O) groups is 1. The van der Waals surface area contributed by atoms with Crippen molar-refractivity contribution < 1.29 is 14.6 Å². The fraction of sp³-hybridized carbons (Fsp3) is 0.391. The third-order valence-electron chi connectivity index (χ3n) is 4.85. The number of hydrogen-bond donors (Lipinski definition) is 1. The second-order valence-electron chi connectivity index (χ2n) is 7.81. The van der Waals surface area contributed by atoms with Crippen LogP contribution in [0.5, 0.6) is 5.75 Å². The van der Waals surface area contributed by atoms with E-state index in [-0.39, 0.29) is 0 Å². The SMILES string of the molecule is CCc1cnc(N(CCOc2ccc(Cl)cc2)CCc2csc(SC(C)(C)C(=O)O)n2)nc1. The number of carboxylic acids is 1. The zero-order valence-corrected chi connectivity index (χ0v) is 21.2. The van der Waals surface area contributed by atoms with Gasteiger partial charge in [-0.1, -0.05) is 30.3 Å². The molecule has 3 aromatic rings. The second kappa shape index (κ2) is 11.7. The molecule has 0 atom stereocenters. The molecule has 0 bridgehead atoms. The van der Waals surface area contributed by atoms with Crippen LogP contribution in [0.4, 0.5) is 5.95 Å². The Kier molecular flexibility index (Phi) is 8.94. The van der Waals surface area contributed by atoms with Crippen LogP contribution in [0.25, 0.3) is 0 Å². The summed E-state index contributed by atoms with van der Waals surface area (Å²) >= 11 is 8.66. The highest BCUT2D eigenvalue weighted by Gasteiger charge is 2.29. The monoisotopic (exact) mass is 506 g/mol. The van der Waals surface area contributed by atoms with Gasteiger partial charge in [-0.25, -0.2) is 15.0 Å². The molecule has 33 heavy (non-hydrogen) atoms. The molecule has 0 aliphatic rings. The lowest BCUT2D eigenvalue weighted by atomic mass is 10.2. The maximum atomic E-state index is 11.4. The molecule has 10 heteroatoms. The van der Waals surface area contributed by atoms with Gasteiger partial charge in [0.25, 0.3) is 0 Å². The van der Waals surface area contributed by atoms with E-state index in [1.165, 1.54) is 23.1 Å². The Morgan fingerprint density at radius 2 is 1.91 bits per heavy atom. The molecular weight excluding hydrogens is 480 g/mol. The first-order valence-electron chi connectivity index (χ1n) is 10.6. The van der Waals surface area contributed by atoms with E-state index in [4.69, 9.17) is 16.3 Å². The molecule has 1 N–H and O–H groups in total. The second-order valence-corrected chi connectivity index (χ2v) is 11.0. The molecule has 0 saturated carbocycles. The average molecular weight is 507 g/mol. The number of nitrogens with zero attached hydrogens (tertiary/aromatic N) is 4. The smallest absolute Gasteiger partial charge is 0.319 e. The zero-order valence-electron chi connectivity index (χ0n) is 18.8. The third-order valence-corrected chi connectivity index (χ3v) is 7.28. The molecule has 7 nitrogen and oxygen atoms in total. The van der Waals surface area contributed by atoms with Gasteiger partial charge in [0.15, 0.2) is 4.34 Å². The van der Waals surface area contributed by atoms with Gasteiger partial charge in [0, 0.05) is 35.8 Å².